The van der Waals surface area contributed by atoms with Gasteiger partial charge < -0.3 is 9.47 Å². The van der Waals surface area contributed by atoms with Gasteiger partial charge in [-0.15, -0.1) is 6.58 Å². The molecule has 1 fully saturated rings. The molecular formula is C16H25NO5. The lowest BCUT2D eigenvalue weighted by molar-refractivity contribution is -0.159. The van der Waals surface area contributed by atoms with Crippen LogP contribution >= 0.6 is 0 Å². The molecule has 1 aliphatic rings. The number of rotatable bonds is 5. The van der Waals surface area contributed by atoms with Gasteiger partial charge in [-0.2, -0.15) is 0 Å². The summed E-state index contributed by atoms with van der Waals surface area (Å²) in [6, 6.07) is -0.826. The van der Waals surface area contributed by atoms with Crippen LogP contribution in [0.15, 0.2) is 12.7 Å². The van der Waals surface area contributed by atoms with E-state index in [9.17, 15) is 14.4 Å². The van der Waals surface area contributed by atoms with Crippen LogP contribution in [0.5, 0.6) is 0 Å². The van der Waals surface area contributed by atoms with Gasteiger partial charge >= 0.3 is 5.97 Å². The maximum atomic E-state index is 12.8. The maximum absolute atomic E-state index is 12.8. The summed E-state index contributed by atoms with van der Waals surface area (Å²) in [4.78, 5) is 37.9. The van der Waals surface area contributed by atoms with Gasteiger partial charge in [0, 0.05) is 5.41 Å². The van der Waals surface area contributed by atoms with E-state index in [1.165, 1.54) is 25.0 Å². The number of amides is 1. The molecule has 3 atom stereocenters. The highest BCUT2D eigenvalue weighted by atomic mass is 16.5. The van der Waals surface area contributed by atoms with Gasteiger partial charge in [0.15, 0.2) is 6.04 Å². The number of hydrogen-bond donors (Lipinski definition) is 0. The van der Waals surface area contributed by atoms with Gasteiger partial charge in [0.25, 0.3) is 0 Å². The number of ether oxygens (including phenoxy) is 2. The molecule has 0 aromatic carbocycles. The third-order valence-electron chi connectivity index (χ3n) is 3.66. The Balaban J connectivity index is 3.18. The fraction of sp³-hybridized carbons (Fsp3) is 0.688. The molecule has 1 saturated heterocycles. The van der Waals surface area contributed by atoms with Crippen LogP contribution in [0.3, 0.4) is 0 Å². The van der Waals surface area contributed by atoms with E-state index in [1.54, 1.807) is 0 Å². The lowest BCUT2D eigenvalue weighted by Crippen LogP contribution is -2.53. The van der Waals surface area contributed by atoms with Gasteiger partial charge in [0.05, 0.1) is 19.6 Å². The topological polar surface area (TPSA) is 72.9 Å². The third-order valence-corrected chi connectivity index (χ3v) is 3.66. The van der Waals surface area contributed by atoms with Gasteiger partial charge in [0.1, 0.15) is 12.0 Å². The number of Topliss-reactive ketones (excluding diaryl/α,β-unsaturated/α-hetero) is 1. The highest BCUT2D eigenvalue weighted by Gasteiger charge is 2.49. The van der Waals surface area contributed by atoms with E-state index in [0.717, 1.165) is 0 Å². The number of esters is 1. The zero-order chi connectivity index (χ0) is 17.1. The smallest absolute Gasteiger partial charge is 0.331 e. The molecule has 124 valence electrons. The molecule has 1 unspecified atom stereocenters. The fourth-order valence-electron chi connectivity index (χ4n) is 2.55. The van der Waals surface area contributed by atoms with Crippen molar-refractivity contribution in [2.75, 3.05) is 13.7 Å². The number of ketones is 1. The van der Waals surface area contributed by atoms with Crippen molar-refractivity contribution < 1.29 is 23.9 Å². The van der Waals surface area contributed by atoms with Gasteiger partial charge in [-0.3, -0.25) is 14.5 Å². The van der Waals surface area contributed by atoms with Crippen molar-refractivity contribution in [2.45, 2.75) is 46.4 Å². The second-order valence-corrected chi connectivity index (χ2v) is 6.52. The van der Waals surface area contributed by atoms with Crippen molar-refractivity contribution >= 4 is 17.7 Å². The molecule has 1 heterocycles. The molecule has 0 aromatic rings. The molecule has 0 saturated carbocycles. The summed E-state index contributed by atoms with van der Waals surface area (Å²) < 4.78 is 10.4. The molecule has 0 aliphatic carbocycles. The van der Waals surface area contributed by atoms with E-state index in [0.29, 0.717) is 0 Å². The van der Waals surface area contributed by atoms with Gasteiger partial charge in [-0.1, -0.05) is 26.8 Å². The molecule has 0 N–H and O–H groups in total. The predicted octanol–water partition coefficient (Wildman–Crippen LogP) is 1.54. The summed E-state index contributed by atoms with van der Waals surface area (Å²) >= 11 is 0. The van der Waals surface area contributed by atoms with E-state index in [2.05, 4.69) is 6.58 Å². The summed E-state index contributed by atoms with van der Waals surface area (Å²) in [5.74, 6) is -2.06. The standard InChI is InChI=1S/C16H25NO5/c1-7-8-11(10(2)18)13(19)17-12(14(20)21-6)9-22-15(17)16(3,4)5/h7,11-12,15H,1,8-9H2,2-6H3/t11?,12-,15+/m0/s1. The normalized spacial score (nSPS) is 23.0. The van der Waals surface area contributed by atoms with Gasteiger partial charge in [0.2, 0.25) is 5.91 Å². The number of methoxy groups -OCH3 is 1. The molecule has 6 heteroatoms. The monoisotopic (exact) mass is 311 g/mol. The first-order valence-electron chi connectivity index (χ1n) is 7.28. The molecule has 0 radical (unpaired) electrons. The average Bonchev–Trinajstić information content (AvgIpc) is 2.87. The first-order chi connectivity index (χ1) is 10.1. The fourth-order valence-corrected chi connectivity index (χ4v) is 2.55. The molecule has 1 amide bonds. The zero-order valence-electron chi connectivity index (χ0n) is 13.9. The second-order valence-electron chi connectivity index (χ2n) is 6.52. The number of carbonyl (C=O) groups is 3. The SMILES string of the molecule is C=CCC(C(C)=O)C(=O)N1[C@H](C(=O)OC)CO[C@@H]1C(C)(C)C. The van der Waals surface area contributed by atoms with E-state index >= 15 is 0 Å². The number of carbonyl (C=O) groups excluding carboxylic acids is 3. The predicted molar refractivity (Wildman–Crippen MR) is 80.8 cm³/mol. The molecule has 1 rings (SSSR count). The van der Waals surface area contributed by atoms with Crippen LogP contribution in [0.4, 0.5) is 0 Å². The Morgan fingerprint density at radius 1 is 1.41 bits per heavy atom. The Labute approximate surface area is 131 Å². The summed E-state index contributed by atoms with van der Waals surface area (Å²) in [6.07, 6.45) is 1.17. The van der Waals surface area contributed by atoms with E-state index in [1.807, 2.05) is 20.8 Å². The van der Waals surface area contributed by atoms with Crippen LogP contribution in [0.1, 0.15) is 34.1 Å². The van der Waals surface area contributed by atoms with Crippen molar-refractivity contribution in [3.8, 4) is 0 Å². The molecule has 0 bridgehead atoms. The van der Waals surface area contributed by atoms with Crippen molar-refractivity contribution in [2.24, 2.45) is 11.3 Å². The Morgan fingerprint density at radius 3 is 2.41 bits per heavy atom. The van der Waals surface area contributed by atoms with E-state index in [-0.39, 0.29) is 18.8 Å². The van der Waals surface area contributed by atoms with Crippen LogP contribution in [0, 0.1) is 11.3 Å². The van der Waals surface area contributed by atoms with Crippen LogP contribution in [0.25, 0.3) is 0 Å². The molecular weight excluding hydrogens is 286 g/mol. The summed E-state index contributed by atoms with van der Waals surface area (Å²) in [5, 5.41) is 0. The molecule has 22 heavy (non-hydrogen) atoms. The zero-order valence-corrected chi connectivity index (χ0v) is 13.9. The Bertz CT molecular complexity index is 466. The van der Waals surface area contributed by atoms with Crippen LogP contribution in [-0.4, -0.2) is 48.5 Å². The van der Waals surface area contributed by atoms with Gasteiger partial charge in [-0.25, -0.2) is 4.79 Å². The number of nitrogens with zero attached hydrogens (tertiary/aromatic N) is 1. The Morgan fingerprint density at radius 2 is 2.00 bits per heavy atom. The van der Waals surface area contributed by atoms with E-state index in [4.69, 9.17) is 9.47 Å². The second kappa shape index (κ2) is 7.05. The van der Waals surface area contributed by atoms with Crippen LogP contribution in [-0.2, 0) is 23.9 Å². The highest BCUT2D eigenvalue weighted by Crippen LogP contribution is 2.33. The maximum Gasteiger partial charge on any atom is 0.331 e. The highest BCUT2D eigenvalue weighted by molar-refractivity contribution is 6.01. The lowest BCUT2D eigenvalue weighted by atomic mass is 9.91. The van der Waals surface area contributed by atoms with Crippen molar-refractivity contribution in [3.63, 3.8) is 0 Å². The number of allylic oxidation sites excluding steroid dienone is 1. The molecule has 6 nitrogen and oxygen atoms in total. The summed E-state index contributed by atoms with van der Waals surface area (Å²) in [6.45, 7) is 10.7. The minimum Gasteiger partial charge on any atom is -0.467 e. The summed E-state index contributed by atoms with van der Waals surface area (Å²) in [7, 11) is 1.27. The molecule has 0 aromatic heterocycles. The minimum atomic E-state index is -0.851. The van der Waals surface area contributed by atoms with Gasteiger partial charge in [-0.05, 0) is 13.3 Å². The first-order valence-corrected chi connectivity index (χ1v) is 7.28. The van der Waals surface area contributed by atoms with Crippen molar-refractivity contribution in [1.82, 2.24) is 4.90 Å². The van der Waals surface area contributed by atoms with Crippen molar-refractivity contribution in [3.05, 3.63) is 12.7 Å². The quantitative estimate of drug-likeness (QED) is 0.437. The minimum absolute atomic E-state index is 0.0685. The van der Waals surface area contributed by atoms with Crippen molar-refractivity contribution in [1.29, 1.82) is 0 Å². The van der Waals surface area contributed by atoms with Crippen LogP contribution in [0.2, 0.25) is 0 Å². The average molecular weight is 311 g/mol. The Kier molecular flexibility index (Phi) is 5.88. The van der Waals surface area contributed by atoms with Crippen LogP contribution < -0.4 is 0 Å². The largest absolute Gasteiger partial charge is 0.467 e. The third kappa shape index (κ3) is 3.74. The first kappa shape index (κ1) is 18.4. The summed E-state index contributed by atoms with van der Waals surface area (Å²) in [5.41, 5.74) is -0.395. The molecule has 0 spiro atoms. The lowest BCUT2D eigenvalue weighted by Gasteiger charge is -2.36. The van der Waals surface area contributed by atoms with E-state index < -0.39 is 35.5 Å². The Hall–Kier alpha value is -1.69. The number of hydrogen-bond acceptors (Lipinski definition) is 5. The molecule has 1 aliphatic heterocycles.